The summed E-state index contributed by atoms with van der Waals surface area (Å²) in [4.78, 5) is 45.7. The van der Waals surface area contributed by atoms with Gasteiger partial charge >= 0.3 is 0 Å². The van der Waals surface area contributed by atoms with Crippen molar-refractivity contribution in [2.24, 2.45) is 0 Å². The van der Waals surface area contributed by atoms with Crippen LogP contribution < -0.4 is 4.90 Å². The number of anilines is 1. The fraction of sp³-hybridized carbons (Fsp3) is 0.190. The molecule has 1 aliphatic rings. The van der Waals surface area contributed by atoms with Crippen LogP contribution in [0.15, 0.2) is 70.6 Å². The van der Waals surface area contributed by atoms with Crippen molar-refractivity contribution >= 4 is 51.1 Å². The first kappa shape index (κ1) is 21.3. The van der Waals surface area contributed by atoms with Gasteiger partial charge in [0.25, 0.3) is 5.91 Å². The quantitative estimate of drug-likeness (QED) is 0.396. The SMILES string of the molecule is O=C1CC(N(Cc2ccccc2)C(=O)CSc2ncn[nH]2)C(=O)N1c1ccc(Br)cc1. The molecule has 0 spiro atoms. The lowest BCUT2D eigenvalue weighted by atomic mass is 10.1. The summed E-state index contributed by atoms with van der Waals surface area (Å²) < 4.78 is 0.845. The Morgan fingerprint density at radius 2 is 1.90 bits per heavy atom. The molecule has 2 heterocycles. The van der Waals surface area contributed by atoms with Crippen LogP contribution in [0.5, 0.6) is 0 Å². The zero-order valence-electron chi connectivity index (χ0n) is 16.3. The van der Waals surface area contributed by atoms with Crippen molar-refractivity contribution in [3.05, 3.63) is 71.0 Å². The highest BCUT2D eigenvalue weighted by atomic mass is 79.9. The number of nitrogens with zero attached hydrogens (tertiary/aromatic N) is 4. The molecular formula is C21H18BrN5O3S. The molecule has 0 radical (unpaired) electrons. The van der Waals surface area contributed by atoms with Gasteiger partial charge in [0.15, 0.2) is 5.16 Å². The molecular weight excluding hydrogens is 482 g/mol. The van der Waals surface area contributed by atoms with E-state index in [0.29, 0.717) is 10.8 Å². The van der Waals surface area contributed by atoms with Crippen LogP contribution in [0.2, 0.25) is 0 Å². The van der Waals surface area contributed by atoms with Crippen molar-refractivity contribution in [3.8, 4) is 0 Å². The van der Waals surface area contributed by atoms with Crippen LogP contribution in [-0.4, -0.2) is 49.6 Å². The first-order valence-corrected chi connectivity index (χ1v) is 11.2. The molecule has 1 N–H and O–H groups in total. The Bertz CT molecular complexity index is 1080. The average molecular weight is 500 g/mol. The van der Waals surface area contributed by atoms with Gasteiger partial charge in [0, 0.05) is 11.0 Å². The van der Waals surface area contributed by atoms with Gasteiger partial charge in [-0.3, -0.25) is 19.5 Å². The molecule has 0 saturated carbocycles. The molecule has 4 rings (SSSR count). The van der Waals surface area contributed by atoms with Gasteiger partial charge in [0.05, 0.1) is 17.9 Å². The molecule has 158 valence electrons. The zero-order chi connectivity index (χ0) is 21.8. The zero-order valence-corrected chi connectivity index (χ0v) is 18.7. The molecule has 10 heteroatoms. The standard InChI is InChI=1S/C21H18BrN5O3S/c22-15-6-8-16(9-7-15)27-18(28)10-17(20(27)30)26(11-14-4-2-1-3-5-14)19(29)12-31-21-23-13-24-25-21/h1-9,13,17H,10-12H2,(H,23,24,25). The molecule has 8 nitrogen and oxygen atoms in total. The molecule has 1 atom stereocenters. The van der Waals surface area contributed by atoms with Crippen LogP contribution in [0, 0.1) is 0 Å². The number of nitrogens with one attached hydrogen (secondary N) is 1. The number of benzene rings is 2. The molecule has 1 aliphatic heterocycles. The maximum absolute atomic E-state index is 13.2. The average Bonchev–Trinajstić information content (AvgIpc) is 3.40. The van der Waals surface area contributed by atoms with E-state index in [1.807, 2.05) is 30.3 Å². The molecule has 1 fully saturated rings. The van der Waals surface area contributed by atoms with E-state index in [-0.39, 0.29) is 30.5 Å². The van der Waals surface area contributed by atoms with Gasteiger partial charge in [-0.15, -0.1) is 0 Å². The molecule has 31 heavy (non-hydrogen) atoms. The number of hydrogen-bond acceptors (Lipinski definition) is 6. The number of imide groups is 1. The molecule has 3 aromatic rings. The number of aromatic nitrogens is 3. The van der Waals surface area contributed by atoms with Crippen LogP contribution in [0.3, 0.4) is 0 Å². The van der Waals surface area contributed by atoms with Crippen molar-refractivity contribution in [2.75, 3.05) is 10.7 Å². The second-order valence-corrected chi connectivity index (χ2v) is 8.73. The van der Waals surface area contributed by atoms with E-state index in [1.165, 1.54) is 23.0 Å². The minimum Gasteiger partial charge on any atom is -0.325 e. The van der Waals surface area contributed by atoms with Gasteiger partial charge in [0.2, 0.25) is 11.8 Å². The predicted molar refractivity (Wildman–Crippen MR) is 119 cm³/mol. The van der Waals surface area contributed by atoms with E-state index in [1.54, 1.807) is 24.3 Å². The Morgan fingerprint density at radius 3 is 2.58 bits per heavy atom. The smallest absolute Gasteiger partial charge is 0.257 e. The highest BCUT2D eigenvalue weighted by molar-refractivity contribution is 9.10. The normalized spacial score (nSPS) is 16.0. The van der Waals surface area contributed by atoms with Gasteiger partial charge in [-0.1, -0.05) is 58.0 Å². The molecule has 3 amide bonds. The minimum atomic E-state index is -0.862. The van der Waals surface area contributed by atoms with Crippen molar-refractivity contribution in [2.45, 2.75) is 24.2 Å². The summed E-state index contributed by atoms with van der Waals surface area (Å²) in [5.41, 5.74) is 1.37. The van der Waals surface area contributed by atoms with E-state index in [0.717, 1.165) is 14.9 Å². The van der Waals surface area contributed by atoms with E-state index in [4.69, 9.17) is 0 Å². The molecule has 2 aromatic carbocycles. The van der Waals surface area contributed by atoms with Gasteiger partial charge in [-0.25, -0.2) is 9.88 Å². The van der Waals surface area contributed by atoms with E-state index in [2.05, 4.69) is 31.1 Å². The minimum absolute atomic E-state index is 0.0551. The molecule has 0 aliphatic carbocycles. The van der Waals surface area contributed by atoms with Gasteiger partial charge in [-0.2, -0.15) is 5.10 Å². The van der Waals surface area contributed by atoms with E-state index >= 15 is 0 Å². The first-order valence-electron chi connectivity index (χ1n) is 9.47. The van der Waals surface area contributed by atoms with Crippen molar-refractivity contribution in [3.63, 3.8) is 0 Å². The Labute approximate surface area is 191 Å². The second-order valence-electron chi connectivity index (χ2n) is 6.85. The van der Waals surface area contributed by atoms with Crippen LogP contribution >= 0.6 is 27.7 Å². The third kappa shape index (κ3) is 4.86. The molecule has 0 bridgehead atoms. The fourth-order valence-electron chi connectivity index (χ4n) is 3.35. The lowest BCUT2D eigenvalue weighted by Gasteiger charge is -2.27. The van der Waals surface area contributed by atoms with Crippen LogP contribution in [0.1, 0.15) is 12.0 Å². The van der Waals surface area contributed by atoms with Crippen molar-refractivity contribution in [1.82, 2.24) is 20.1 Å². The van der Waals surface area contributed by atoms with Crippen LogP contribution in [0.25, 0.3) is 0 Å². The molecule has 1 unspecified atom stereocenters. The summed E-state index contributed by atoms with van der Waals surface area (Å²) in [6.07, 6.45) is 1.31. The maximum Gasteiger partial charge on any atom is 0.257 e. The summed E-state index contributed by atoms with van der Waals surface area (Å²) in [5, 5.41) is 6.98. The third-order valence-electron chi connectivity index (χ3n) is 4.83. The van der Waals surface area contributed by atoms with Crippen LogP contribution in [0.4, 0.5) is 5.69 Å². The number of amides is 3. The number of aromatic amines is 1. The van der Waals surface area contributed by atoms with Crippen LogP contribution in [-0.2, 0) is 20.9 Å². The topological polar surface area (TPSA) is 99.3 Å². The van der Waals surface area contributed by atoms with Crippen molar-refractivity contribution < 1.29 is 14.4 Å². The molecule has 1 saturated heterocycles. The van der Waals surface area contributed by atoms with Gasteiger partial charge in [-0.05, 0) is 29.8 Å². The number of H-pyrrole nitrogens is 1. The fourth-order valence-corrected chi connectivity index (χ4v) is 4.28. The monoisotopic (exact) mass is 499 g/mol. The lowest BCUT2D eigenvalue weighted by molar-refractivity contribution is -0.136. The Morgan fingerprint density at radius 1 is 1.16 bits per heavy atom. The number of carbonyl (C=O) groups is 3. The number of carbonyl (C=O) groups excluding carboxylic acids is 3. The maximum atomic E-state index is 13.2. The van der Waals surface area contributed by atoms with Crippen molar-refractivity contribution in [1.29, 1.82) is 0 Å². The predicted octanol–water partition coefficient (Wildman–Crippen LogP) is 3.02. The number of hydrogen-bond donors (Lipinski definition) is 1. The summed E-state index contributed by atoms with van der Waals surface area (Å²) in [6.45, 7) is 0.231. The van der Waals surface area contributed by atoms with Gasteiger partial charge < -0.3 is 4.90 Å². The van der Waals surface area contributed by atoms with E-state index < -0.39 is 11.9 Å². The second kappa shape index (κ2) is 9.44. The highest BCUT2D eigenvalue weighted by Crippen LogP contribution is 2.28. The Kier molecular flexibility index (Phi) is 6.47. The lowest BCUT2D eigenvalue weighted by Crippen LogP contribution is -2.45. The third-order valence-corrected chi connectivity index (χ3v) is 6.22. The molecule has 1 aromatic heterocycles. The summed E-state index contributed by atoms with van der Waals surface area (Å²) >= 11 is 4.55. The number of thioether (sulfide) groups is 1. The first-order chi connectivity index (χ1) is 15.0. The highest BCUT2D eigenvalue weighted by Gasteiger charge is 2.44. The van der Waals surface area contributed by atoms with Gasteiger partial charge in [0.1, 0.15) is 12.4 Å². The van der Waals surface area contributed by atoms with E-state index in [9.17, 15) is 14.4 Å². The Hall–Kier alpha value is -2.98. The largest absolute Gasteiger partial charge is 0.325 e. The number of halogens is 1. The Balaban J connectivity index is 1.57. The number of rotatable bonds is 7. The summed E-state index contributed by atoms with van der Waals surface area (Å²) in [7, 11) is 0. The summed E-state index contributed by atoms with van der Waals surface area (Å²) in [6, 6.07) is 15.5. The summed E-state index contributed by atoms with van der Waals surface area (Å²) in [5.74, 6) is -0.917.